The summed E-state index contributed by atoms with van der Waals surface area (Å²) in [6, 6.07) is 13.0. The van der Waals surface area contributed by atoms with E-state index in [2.05, 4.69) is 38.6 Å². The molecule has 0 aliphatic heterocycles. The topological polar surface area (TPSA) is 43.4 Å². The second-order valence-electron chi connectivity index (χ2n) is 7.72. The number of hydrogen-bond donors (Lipinski definition) is 0. The summed E-state index contributed by atoms with van der Waals surface area (Å²) in [5, 5.41) is 1.36. The number of ether oxygens (including phenoxy) is 1. The van der Waals surface area contributed by atoms with Crippen LogP contribution in [0.1, 0.15) is 42.4 Å². The van der Waals surface area contributed by atoms with Gasteiger partial charge in [-0.2, -0.15) is 0 Å². The average molecular weight is 397 g/mol. The zero-order valence-corrected chi connectivity index (χ0v) is 17.5. The lowest BCUT2D eigenvalue weighted by atomic mass is 9.87. The van der Waals surface area contributed by atoms with Gasteiger partial charge in [-0.25, -0.2) is 8.42 Å². The Hall–Kier alpha value is -2.33. The van der Waals surface area contributed by atoms with Gasteiger partial charge in [0.05, 0.1) is 4.90 Å². The van der Waals surface area contributed by atoms with Crippen LogP contribution in [-0.2, 0) is 16.4 Å². The van der Waals surface area contributed by atoms with E-state index in [1.165, 1.54) is 22.1 Å². The smallest absolute Gasteiger partial charge is 0.199 e. The molecule has 3 rings (SSSR count). The van der Waals surface area contributed by atoms with Crippen molar-refractivity contribution in [1.29, 1.82) is 0 Å². The van der Waals surface area contributed by atoms with E-state index in [1.54, 1.807) is 24.3 Å². The van der Waals surface area contributed by atoms with E-state index < -0.39 is 9.84 Å². The lowest BCUT2D eigenvalue weighted by Crippen LogP contribution is -2.06. The Bertz CT molecular complexity index is 939. The fraction of sp³-hybridized carbons (Fsp3) is 0.333. The van der Waals surface area contributed by atoms with Gasteiger partial charge in [0, 0.05) is 5.41 Å². The summed E-state index contributed by atoms with van der Waals surface area (Å²) < 4.78 is 30.9. The van der Waals surface area contributed by atoms with Gasteiger partial charge in [-0.1, -0.05) is 47.6 Å². The monoisotopic (exact) mass is 396 g/mol. The number of benzene rings is 2. The molecule has 2 aromatic rings. The molecule has 0 heterocycles. The maximum atomic E-state index is 12.6. The maximum Gasteiger partial charge on any atom is 0.199 e. The van der Waals surface area contributed by atoms with Crippen molar-refractivity contribution < 1.29 is 13.2 Å². The first-order valence-corrected chi connectivity index (χ1v) is 11.3. The summed E-state index contributed by atoms with van der Waals surface area (Å²) in [5.74, 6) is 0.980. The molecule has 4 heteroatoms. The molecular formula is C24H28O3S. The first kappa shape index (κ1) is 20.4. The van der Waals surface area contributed by atoms with E-state index in [0.717, 1.165) is 31.2 Å². The molecule has 0 atom stereocenters. The molecule has 2 aromatic carbocycles. The molecule has 0 bridgehead atoms. The van der Waals surface area contributed by atoms with Crippen LogP contribution < -0.4 is 4.74 Å². The van der Waals surface area contributed by atoms with Crippen LogP contribution in [0.2, 0.25) is 0 Å². The van der Waals surface area contributed by atoms with Gasteiger partial charge < -0.3 is 4.74 Å². The van der Waals surface area contributed by atoms with Crippen LogP contribution in [0.25, 0.3) is 0 Å². The van der Waals surface area contributed by atoms with E-state index in [-0.39, 0.29) is 0 Å². The summed E-state index contributed by atoms with van der Waals surface area (Å²) in [6.07, 6.45) is 5.78. The van der Waals surface area contributed by atoms with Crippen molar-refractivity contribution in [3.8, 4) is 5.75 Å². The third kappa shape index (κ3) is 5.59. The van der Waals surface area contributed by atoms with Crippen LogP contribution in [0.5, 0.6) is 5.75 Å². The van der Waals surface area contributed by atoms with Gasteiger partial charge in [0.2, 0.25) is 0 Å². The highest BCUT2D eigenvalue weighted by molar-refractivity contribution is 7.94. The summed E-state index contributed by atoms with van der Waals surface area (Å²) in [6.45, 7) is 8.59. The molecule has 0 unspecified atom stereocenters. The van der Waals surface area contributed by atoms with Crippen molar-refractivity contribution in [2.75, 3.05) is 0 Å². The predicted molar refractivity (Wildman–Crippen MR) is 114 cm³/mol. The van der Waals surface area contributed by atoms with E-state index in [0.29, 0.717) is 23.2 Å². The molecule has 1 fully saturated rings. The highest BCUT2D eigenvalue weighted by atomic mass is 32.2. The predicted octanol–water partition coefficient (Wildman–Crippen LogP) is 5.92. The fourth-order valence-electron chi connectivity index (χ4n) is 3.58. The third-order valence-corrected chi connectivity index (χ3v) is 6.55. The fourth-order valence-corrected chi connectivity index (χ4v) is 4.68. The molecule has 0 amide bonds. The van der Waals surface area contributed by atoms with Gasteiger partial charge in [-0.05, 0) is 75.3 Å². The molecule has 1 aliphatic rings. The number of rotatable bonds is 6. The first-order chi connectivity index (χ1) is 13.3. The number of sulfone groups is 1. The minimum atomic E-state index is -3.43. The molecule has 0 N–H and O–H groups in total. The van der Waals surface area contributed by atoms with E-state index in [4.69, 9.17) is 4.74 Å². The van der Waals surface area contributed by atoms with Gasteiger partial charge in [0.1, 0.15) is 12.4 Å². The standard InChI is InChI=1S/C24H28O3S/c1-18-4-6-21(7-5-18)12-13-28(25,26)24-10-8-23(9-11-24)27-17-22-15-19(2)14-20(3)16-22/h8-16,21H,1,4-7,17H2,2-3H3. The van der Waals surface area contributed by atoms with Crippen LogP contribution in [-0.4, -0.2) is 8.42 Å². The van der Waals surface area contributed by atoms with Crippen molar-refractivity contribution in [1.82, 2.24) is 0 Å². The van der Waals surface area contributed by atoms with Crippen molar-refractivity contribution in [2.24, 2.45) is 5.92 Å². The van der Waals surface area contributed by atoms with Crippen LogP contribution in [0.4, 0.5) is 0 Å². The number of allylic oxidation sites excluding steroid dienone is 2. The highest BCUT2D eigenvalue weighted by Crippen LogP contribution is 2.28. The maximum absolute atomic E-state index is 12.6. The summed E-state index contributed by atoms with van der Waals surface area (Å²) in [4.78, 5) is 0.294. The zero-order chi connectivity index (χ0) is 20.1. The summed E-state index contributed by atoms with van der Waals surface area (Å²) >= 11 is 0. The molecule has 1 saturated carbocycles. The Balaban J connectivity index is 1.61. The Morgan fingerprint density at radius 3 is 2.25 bits per heavy atom. The van der Waals surface area contributed by atoms with Crippen molar-refractivity contribution in [3.05, 3.63) is 82.8 Å². The lowest BCUT2D eigenvalue weighted by Gasteiger charge is -2.19. The number of hydrogen-bond acceptors (Lipinski definition) is 3. The molecule has 0 radical (unpaired) electrons. The van der Waals surface area contributed by atoms with Crippen LogP contribution in [0, 0.1) is 19.8 Å². The molecule has 1 aliphatic carbocycles. The quantitative estimate of drug-likeness (QED) is 0.570. The summed E-state index contributed by atoms with van der Waals surface area (Å²) in [7, 11) is -3.43. The minimum Gasteiger partial charge on any atom is -0.489 e. The summed E-state index contributed by atoms with van der Waals surface area (Å²) in [5.41, 5.74) is 4.78. The van der Waals surface area contributed by atoms with Crippen molar-refractivity contribution in [3.63, 3.8) is 0 Å². The first-order valence-electron chi connectivity index (χ1n) is 9.72. The molecule has 0 saturated heterocycles. The van der Waals surface area contributed by atoms with Crippen molar-refractivity contribution in [2.45, 2.75) is 51.0 Å². The van der Waals surface area contributed by atoms with E-state index in [9.17, 15) is 8.42 Å². The Kier molecular flexibility index (Phi) is 6.40. The third-order valence-electron chi connectivity index (χ3n) is 5.11. The van der Waals surface area contributed by atoms with Gasteiger partial charge in [0.15, 0.2) is 9.84 Å². The molecule has 148 valence electrons. The Morgan fingerprint density at radius 2 is 1.64 bits per heavy atom. The largest absolute Gasteiger partial charge is 0.489 e. The van der Waals surface area contributed by atoms with Gasteiger partial charge >= 0.3 is 0 Å². The average Bonchev–Trinajstić information content (AvgIpc) is 2.66. The van der Waals surface area contributed by atoms with Crippen molar-refractivity contribution >= 4 is 9.84 Å². The molecule has 28 heavy (non-hydrogen) atoms. The molecule has 0 spiro atoms. The van der Waals surface area contributed by atoms with Gasteiger partial charge in [-0.15, -0.1) is 0 Å². The van der Waals surface area contributed by atoms with Crippen LogP contribution in [0.3, 0.4) is 0 Å². The van der Waals surface area contributed by atoms with Gasteiger partial charge in [-0.3, -0.25) is 0 Å². The lowest BCUT2D eigenvalue weighted by molar-refractivity contribution is 0.306. The Labute approximate surface area is 168 Å². The molecule has 0 aromatic heterocycles. The highest BCUT2D eigenvalue weighted by Gasteiger charge is 2.15. The minimum absolute atomic E-state index is 0.294. The second kappa shape index (κ2) is 8.78. The van der Waals surface area contributed by atoms with Crippen LogP contribution >= 0.6 is 0 Å². The van der Waals surface area contributed by atoms with Crippen LogP contribution in [0.15, 0.2) is 71.0 Å². The molecule has 3 nitrogen and oxygen atoms in total. The van der Waals surface area contributed by atoms with Gasteiger partial charge in [0.25, 0.3) is 0 Å². The molecular weight excluding hydrogens is 368 g/mol. The normalized spacial score (nSPS) is 15.9. The SMILES string of the molecule is C=C1CCC(C=CS(=O)(=O)c2ccc(OCc3cc(C)cc(C)c3)cc2)CC1. The zero-order valence-electron chi connectivity index (χ0n) is 16.6. The van der Waals surface area contributed by atoms with E-state index in [1.807, 2.05) is 6.08 Å². The Morgan fingerprint density at radius 1 is 1.04 bits per heavy atom. The van der Waals surface area contributed by atoms with E-state index >= 15 is 0 Å². The second-order valence-corrected chi connectivity index (χ2v) is 9.55. The number of aryl methyl sites for hydroxylation is 2.